The molecule has 1 fully saturated rings. The van der Waals surface area contributed by atoms with Gasteiger partial charge in [0.1, 0.15) is 8.45 Å². The number of hydrogen-bond acceptors (Lipinski definition) is 4. The van der Waals surface area contributed by atoms with Crippen molar-refractivity contribution in [1.82, 2.24) is 4.67 Å². The molecule has 0 N–H and O–H groups in total. The van der Waals surface area contributed by atoms with Crippen molar-refractivity contribution >= 4 is 25.7 Å². The first-order valence-corrected chi connectivity index (χ1v) is 11.9. The van der Waals surface area contributed by atoms with Gasteiger partial charge < -0.3 is 9.79 Å². The van der Waals surface area contributed by atoms with E-state index in [-0.39, 0.29) is 11.9 Å². The fraction of sp³-hybridized carbons (Fsp3) is 0.240. The number of amides is 1. The molecule has 6 heteroatoms. The second-order valence-corrected chi connectivity index (χ2v) is 9.47. The van der Waals surface area contributed by atoms with Crippen LogP contribution in [0, 0.1) is 0 Å². The molecular weight excluding hydrogens is 405 g/mol. The Morgan fingerprint density at radius 1 is 0.968 bits per heavy atom. The molecule has 1 amide bonds. The highest BCUT2D eigenvalue weighted by Crippen LogP contribution is 2.48. The lowest BCUT2D eigenvalue weighted by Gasteiger charge is -2.28. The van der Waals surface area contributed by atoms with Crippen LogP contribution in [0.1, 0.15) is 18.9 Å². The average Bonchev–Trinajstić information content (AvgIpc) is 3.11. The van der Waals surface area contributed by atoms with Crippen LogP contribution in [-0.4, -0.2) is 29.7 Å². The predicted molar refractivity (Wildman–Crippen MR) is 127 cm³/mol. The summed E-state index contributed by atoms with van der Waals surface area (Å²) in [5.41, 5.74) is 3.03. The van der Waals surface area contributed by atoms with Gasteiger partial charge in [0.2, 0.25) is 5.91 Å². The molecule has 1 heterocycles. The molecule has 0 aliphatic carbocycles. The van der Waals surface area contributed by atoms with Crippen molar-refractivity contribution in [2.75, 3.05) is 22.7 Å². The molecule has 1 aliphatic heterocycles. The first-order valence-electron chi connectivity index (χ1n) is 10.6. The Bertz CT molecular complexity index is 972. The van der Waals surface area contributed by atoms with Gasteiger partial charge in [0.05, 0.1) is 24.8 Å². The van der Waals surface area contributed by atoms with Crippen molar-refractivity contribution in [3.05, 3.63) is 96.6 Å². The SMILES string of the molecule is CC(=O)N(CC[C@H]1CN(c2ccccc2)[PH+]([O-])N1Cc1ccccc1)c1ccccc1. The summed E-state index contributed by atoms with van der Waals surface area (Å²) in [6.45, 7) is 3.52. The van der Waals surface area contributed by atoms with Crippen molar-refractivity contribution in [1.29, 1.82) is 0 Å². The van der Waals surface area contributed by atoms with E-state index >= 15 is 0 Å². The van der Waals surface area contributed by atoms with Crippen LogP contribution in [0.3, 0.4) is 0 Å². The molecule has 1 aliphatic rings. The molecule has 31 heavy (non-hydrogen) atoms. The van der Waals surface area contributed by atoms with Crippen LogP contribution in [0.4, 0.5) is 11.4 Å². The van der Waals surface area contributed by atoms with Crippen molar-refractivity contribution in [3.63, 3.8) is 0 Å². The van der Waals surface area contributed by atoms with Crippen molar-refractivity contribution in [2.45, 2.75) is 25.9 Å². The van der Waals surface area contributed by atoms with E-state index in [1.807, 2.05) is 88.4 Å². The minimum absolute atomic E-state index is 0.0198. The third-order valence-electron chi connectivity index (χ3n) is 5.71. The van der Waals surface area contributed by atoms with E-state index in [9.17, 15) is 9.69 Å². The number of rotatable bonds is 7. The standard InChI is InChI=1S/C25H28N3O2P/c1-21(29)26(23-13-7-3-8-14-23)18-17-25-20-28(24-15-9-4-10-16-24)31(30)27(25)19-22-11-5-2-6-12-22/h2-16,25,31H,17-20H2,1H3/t25-/m0/s1. The van der Waals surface area contributed by atoms with Crippen LogP contribution in [-0.2, 0) is 11.3 Å². The van der Waals surface area contributed by atoms with Crippen LogP contribution in [0.5, 0.6) is 0 Å². The number of carbonyl (C=O) groups is 1. The lowest BCUT2D eigenvalue weighted by molar-refractivity contribution is -0.170. The first-order chi connectivity index (χ1) is 15.1. The van der Waals surface area contributed by atoms with Crippen molar-refractivity contribution in [3.8, 4) is 0 Å². The quantitative estimate of drug-likeness (QED) is 0.526. The van der Waals surface area contributed by atoms with Crippen molar-refractivity contribution < 1.29 is 9.69 Å². The van der Waals surface area contributed by atoms with Crippen LogP contribution in [0.2, 0.25) is 0 Å². The molecule has 4 rings (SSSR count). The summed E-state index contributed by atoms with van der Waals surface area (Å²) in [5, 5.41) is 0. The van der Waals surface area contributed by atoms with Gasteiger partial charge in [0.15, 0.2) is 0 Å². The lowest BCUT2D eigenvalue weighted by Crippen LogP contribution is -2.36. The largest absolute Gasteiger partial charge is 0.648 e. The molecule has 0 radical (unpaired) electrons. The fourth-order valence-corrected chi connectivity index (χ4v) is 5.99. The topological polar surface area (TPSA) is 49.9 Å². The Kier molecular flexibility index (Phi) is 6.98. The molecule has 3 aromatic rings. The van der Waals surface area contributed by atoms with Crippen LogP contribution in [0.25, 0.3) is 0 Å². The van der Waals surface area contributed by atoms with E-state index in [1.165, 1.54) is 0 Å². The van der Waals surface area contributed by atoms with E-state index in [4.69, 9.17) is 0 Å². The number of carbonyl (C=O) groups excluding carboxylic acids is 1. The summed E-state index contributed by atoms with van der Waals surface area (Å²) in [4.78, 5) is 27.7. The highest BCUT2D eigenvalue weighted by molar-refractivity contribution is 7.49. The second kappa shape index (κ2) is 10.1. The zero-order chi connectivity index (χ0) is 21.6. The van der Waals surface area contributed by atoms with Gasteiger partial charge in [-0.2, -0.15) is 4.67 Å². The minimum atomic E-state index is -2.15. The molecular formula is C25H28N3O2P. The molecule has 0 bridgehead atoms. The van der Waals surface area contributed by atoms with Gasteiger partial charge in [0.25, 0.3) is 0 Å². The maximum Gasteiger partial charge on any atom is 0.223 e. The Hall–Kier alpha value is -2.72. The summed E-state index contributed by atoms with van der Waals surface area (Å²) in [5.74, 6) is 0.0198. The predicted octanol–water partition coefficient (Wildman–Crippen LogP) is 4.14. The Labute approximate surface area is 185 Å². The number of nitrogens with zero attached hydrogens (tertiary/aromatic N) is 3. The maximum absolute atomic E-state index is 13.5. The third-order valence-corrected chi connectivity index (χ3v) is 7.63. The first kappa shape index (κ1) is 21.5. The summed E-state index contributed by atoms with van der Waals surface area (Å²) >= 11 is 0. The van der Waals surface area contributed by atoms with E-state index in [0.29, 0.717) is 19.6 Å². The molecule has 0 spiro atoms. The number of hydrogen-bond donors (Lipinski definition) is 0. The average molecular weight is 433 g/mol. The van der Waals surface area contributed by atoms with Gasteiger partial charge in [0, 0.05) is 19.2 Å². The van der Waals surface area contributed by atoms with E-state index in [0.717, 1.165) is 23.4 Å². The fourth-order valence-electron chi connectivity index (χ4n) is 4.10. The molecule has 5 nitrogen and oxygen atoms in total. The van der Waals surface area contributed by atoms with E-state index in [1.54, 1.807) is 6.92 Å². The summed E-state index contributed by atoms with van der Waals surface area (Å²) in [6, 6.07) is 30.0. The summed E-state index contributed by atoms with van der Waals surface area (Å²) in [7, 11) is -2.15. The normalized spacial score (nSPS) is 18.8. The lowest BCUT2D eigenvalue weighted by atomic mass is 10.1. The van der Waals surface area contributed by atoms with E-state index < -0.39 is 8.45 Å². The Balaban J connectivity index is 1.54. The molecule has 1 saturated heterocycles. The van der Waals surface area contributed by atoms with Crippen LogP contribution >= 0.6 is 8.45 Å². The molecule has 3 aromatic carbocycles. The zero-order valence-corrected chi connectivity index (χ0v) is 18.7. The van der Waals surface area contributed by atoms with Crippen LogP contribution < -0.4 is 14.5 Å². The van der Waals surface area contributed by atoms with Crippen LogP contribution in [0.15, 0.2) is 91.0 Å². The minimum Gasteiger partial charge on any atom is -0.648 e. The smallest absolute Gasteiger partial charge is 0.223 e. The molecule has 1 unspecified atom stereocenters. The maximum atomic E-state index is 13.5. The zero-order valence-electron chi connectivity index (χ0n) is 17.7. The molecule has 0 aromatic heterocycles. The monoisotopic (exact) mass is 433 g/mol. The van der Waals surface area contributed by atoms with Crippen molar-refractivity contribution in [2.24, 2.45) is 0 Å². The molecule has 160 valence electrons. The summed E-state index contributed by atoms with van der Waals surface area (Å²) < 4.78 is 4.15. The highest BCUT2D eigenvalue weighted by Gasteiger charge is 2.41. The molecule has 0 saturated carbocycles. The third kappa shape index (κ3) is 5.13. The summed E-state index contributed by atoms with van der Waals surface area (Å²) in [6.07, 6.45) is 0.751. The van der Waals surface area contributed by atoms with E-state index in [2.05, 4.69) is 16.8 Å². The van der Waals surface area contributed by atoms with Gasteiger partial charge in [-0.3, -0.25) is 4.79 Å². The highest BCUT2D eigenvalue weighted by atomic mass is 31.2. The van der Waals surface area contributed by atoms with Gasteiger partial charge in [-0.1, -0.05) is 66.7 Å². The van der Waals surface area contributed by atoms with Gasteiger partial charge in [-0.15, -0.1) is 0 Å². The Morgan fingerprint density at radius 2 is 1.55 bits per heavy atom. The second-order valence-electron chi connectivity index (χ2n) is 7.79. The number of benzene rings is 3. The number of anilines is 2. The van der Waals surface area contributed by atoms with Gasteiger partial charge >= 0.3 is 0 Å². The molecule has 2 atom stereocenters. The van der Waals surface area contributed by atoms with Gasteiger partial charge in [-0.25, -0.2) is 4.67 Å². The van der Waals surface area contributed by atoms with Gasteiger partial charge in [-0.05, 0) is 36.2 Å². The Morgan fingerprint density at radius 3 is 2.16 bits per heavy atom. The number of para-hydroxylation sites is 2.